The van der Waals surface area contributed by atoms with E-state index in [4.69, 9.17) is 4.74 Å². The third-order valence-electron chi connectivity index (χ3n) is 2.61. The number of rotatable bonds is 3. The fourth-order valence-corrected chi connectivity index (χ4v) is 2.75. The summed E-state index contributed by atoms with van der Waals surface area (Å²) in [5.74, 6) is 0.560. The molecule has 0 saturated carbocycles. The lowest BCUT2D eigenvalue weighted by Gasteiger charge is -2.08. The molecule has 0 aliphatic heterocycles. The molecule has 1 aromatic carbocycles. The first-order valence-corrected chi connectivity index (χ1v) is 7.06. The summed E-state index contributed by atoms with van der Waals surface area (Å²) < 4.78 is 8.57. The Hall–Kier alpha value is -1.27. The SMILES string of the molecule is COc1ccc(NC(=O)c2cc(Br)cn2C)cc1Br. The van der Waals surface area contributed by atoms with Crippen molar-refractivity contribution in [2.75, 3.05) is 12.4 Å². The van der Waals surface area contributed by atoms with Crippen LogP contribution in [0.15, 0.2) is 39.4 Å². The standard InChI is InChI=1S/C13H12Br2N2O2/c1-17-7-8(14)5-11(17)13(18)16-9-3-4-12(19-2)10(15)6-9/h3-7H,1-2H3,(H,16,18). The van der Waals surface area contributed by atoms with Gasteiger partial charge in [-0.1, -0.05) is 0 Å². The average molecular weight is 388 g/mol. The van der Waals surface area contributed by atoms with Crippen LogP contribution >= 0.6 is 31.9 Å². The minimum absolute atomic E-state index is 0.162. The van der Waals surface area contributed by atoms with Gasteiger partial charge in [0.05, 0.1) is 11.6 Å². The number of aryl methyl sites for hydroxylation is 1. The zero-order valence-corrected chi connectivity index (χ0v) is 13.6. The van der Waals surface area contributed by atoms with Crippen LogP contribution in [-0.4, -0.2) is 17.6 Å². The van der Waals surface area contributed by atoms with Gasteiger partial charge in [-0.3, -0.25) is 4.79 Å². The van der Waals surface area contributed by atoms with Gasteiger partial charge in [0.2, 0.25) is 0 Å². The first-order valence-electron chi connectivity index (χ1n) is 5.48. The smallest absolute Gasteiger partial charge is 0.272 e. The topological polar surface area (TPSA) is 43.3 Å². The maximum atomic E-state index is 12.1. The van der Waals surface area contributed by atoms with Crippen LogP contribution < -0.4 is 10.1 Å². The van der Waals surface area contributed by atoms with E-state index in [1.807, 2.05) is 13.2 Å². The number of halogens is 2. The van der Waals surface area contributed by atoms with Gasteiger partial charge in [0.25, 0.3) is 5.91 Å². The normalized spacial score (nSPS) is 10.3. The van der Waals surface area contributed by atoms with E-state index in [9.17, 15) is 4.79 Å². The van der Waals surface area contributed by atoms with E-state index in [2.05, 4.69) is 37.2 Å². The molecule has 1 aromatic heterocycles. The van der Waals surface area contributed by atoms with Crippen molar-refractivity contribution in [1.82, 2.24) is 4.57 Å². The van der Waals surface area contributed by atoms with E-state index < -0.39 is 0 Å². The third-order valence-corrected chi connectivity index (χ3v) is 3.67. The summed E-state index contributed by atoms with van der Waals surface area (Å²) in [6.07, 6.45) is 1.83. The summed E-state index contributed by atoms with van der Waals surface area (Å²) in [5.41, 5.74) is 1.29. The predicted octanol–water partition coefficient (Wildman–Crippen LogP) is 3.81. The first-order chi connectivity index (χ1) is 9.01. The van der Waals surface area contributed by atoms with Crippen molar-refractivity contribution < 1.29 is 9.53 Å². The monoisotopic (exact) mass is 386 g/mol. The third kappa shape index (κ3) is 3.19. The Morgan fingerprint density at radius 2 is 2.05 bits per heavy atom. The van der Waals surface area contributed by atoms with Gasteiger partial charge in [0.1, 0.15) is 11.4 Å². The quantitative estimate of drug-likeness (QED) is 0.870. The fraction of sp³-hybridized carbons (Fsp3) is 0.154. The Kier molecular flexibility index (Phi) is 4.31. The number of nitrogens with one attached hydrogen (secondary N) is 1. The maximum absolute atomic E-state index is 12.1. The van der Waals surface area contributed by atoms with Gasteiger partial charge in [-0.15, -0.1) is 0 Å². The lowest BCUT2D eigenvalue weighted by Crippen LogP contribution is -2.15. The molecule has 2 aromatic rings. The molecule has 0 aliphatic rings. The summed E-state index contributed by atoms with van der Waals surface area (Å²) in [5, 5.41) is 2.84. The Labute approximate surface area is 128 Å². The zero-order valence-electron chi connectivity index (χ0n) is 10.4. The molecule has 0 radical (unpaired) electrons. The molecule has 2 rings (SSSR count). The molecular weight excluding hydrogens is 376 g/mol. The molecular formula is C13H12Br2N2O2. The van der Waals surface area contributed by atoms with Gasteiger partial charge in [-0.05, 0) is 56.1 Å². The van der Waals surface area contributed by atoms with Crippen molar-refractivity contribution in [2.24, 2.45) is 7.05 Å². The number of ether oxygens (including phenoxy) is 1. The van der Waals surface area contributed by atoms with E-state index in [0.717, 1.165) is 14.7 Å². The summed E-state index contributed by atoms with van der Waals surface area (Å²) in [7, 11) is 3.42. The van der Waals surface area contributed by atoms with E-state index in [-0.39, 0.29) is 5.91 Å². The number of aromatic nitrogens is 1. The highest BCUT2D eigenvalue weighted by Crippen LogP contribution is 2.28. The Morgan fingerprint density at radius 1 is 1.32 bits per heavy atom. The molecule has 19 heavy (non-hydrogen) atoms. The highest BCUT2D eigenvalue weighted by atomic mass is 79.9. The highest BCUT2D eigenvalue weighted by Gasteiger charge is 2.12. The molecule has 0 spiro atoms. The van der Waals surface area contributed by atoms with Gasteiger partial charge in [0.15, 0.2) is 0 Å². The van der Waals surface area contributed by atoms with Gasteiger partial charge >= 0.3 is 0 Å². The summed E-state index contributed by atoms with van der Waals surface area (Å²) in [4.78, 5) is 12.1. The van der Waals surface area contributed by atoms with Gasteiger partial charge in [-0.2, -0.15) is 0 Å². The predicted molar refractivity (Wildman–Crippen MR) is 81.8 cm³/mol. The molecule has 0 unspecified atom stereocenters. The lowest BCUT2D eigenvalue weighted by atomic mass is 10.3. The molecule has 1 amide bonds. The molecule has 0 saturated heterocycles. The lowest BCUT2D eigenvalue weighted by molar-refractivity contribution is 0.101. The number of methoxy groups -OCH3 is 1. The van der Waals surface area contributed by atoms with E-state index in [1.165, 1.54) is 0 Å². The first kappa shape index (κ1) is 14.1. The van der Waals surface area contributed by atoms with Gasteiger partial charge in [-0.25, -0.2) is 0 Å². The van der Waals surface area contributed by atoms with Crippen LogP contribution in [0.2, 0.25) is 0 Å². The summed E-state index contributed by atoms with van der Waals surface area (Å²) in [6, 6.07) is 7.16. The van der Waals surface area contributed by atoms with Gasteiger partial charge < -0.3 is 14.6 Å². The molecule has 0 fully saturated rings. The van der Waals surface area contributed by atoms with Crippen molar-refractivity contribution in [3.8, 4) is 5.75 Å². The number of carbonyl (C=O) groups excluding carboxylic acids is 1. The molecule has 6 heteroatoms. The number of amides is 1. The largest absolute Gasteiger partial charge is 0.496 e. The van der Waals surface area contributed by atoms with E-state index >= 15 is 0 Å². The number of hydrogen-bond acceptors (Lipinski definition) is 2. The second-order valence-corrected chi connectivity index (χ2v) is 5.73. The molecule has 0 aliphatic carbocycles. The van der Waals surface area contributed by atoms with Crippen LogP contribution in [0.25, 0.3) is 0 Å². The van der Waals surface area contributed by atoms with Crippen LogP contribution in [0.4, 0.5) is 5.69 Å². The van der Waals surface area contributed by atoms with Crippen molar-refractivity contribution in [1.29, 1.82) is 0 Å². The van der Waals surface area contributed by atoms with E-state index in [1.54, 1.807) is 35.9 Å². The van der Waals surface area contributed by atoms with Gasteiger partial charge in [0, 0.05) is 23.4 Å². The molecule has 0 bridgehead atoms. The van der Waals surface area contributed by atoms with Crippen LogP contribution in [0.3, 0.4) is 0 Å². The Morgan fingerprint density at radius 3 is 2.58 bits per heavy atom. The zero-order chi connectivity index (χ0) is 14.0. The summed E-state index contributed by atoms with van der Waals surface area (Å²) in [6.45, 7) is 0. The van der Waals surface area contributed by atoms with Crippen LogP contribution in [0, 0.1) is 0 Å². The van der Waals surface area contributed by atoms with E-state index in [0.29, 0.717) is 11.4 Å². The number of hydrogen-bond donors (Lipinski definition) is 1. The minimum Gasteiger partial charge on any atom is -0.496 e. The van der Waals surface area contributed by atoms with Crippen molar-refractivity contribution >= 4 is 43.5 Å². The molecule has 100 valence electrons. The molecule has 1 N–H and O–H groups in total. The minimum atomic E-state index is -0.162. The van der Waals surface area contributed by atoms with Crippen molar-refractivity contribution in [3.05, 3.63) is 45.1 Å². The van der Waals surface area contributed by atoms with Crippen molar-refractivity contribution in [3.63, 3.8) is 0 Å². The van der Waals surface area contributed by atoms with Crippen molar-refractivity contribution in [2.45, 2.75) is 0 Å². The highest BCUT2D eigenvalue weighted by molar-refractivity contribution is 9.10. The summed E-state index contributed by atoms with van der Waals surface area (Å²) >= 11 is 6.73. The maximum Gasteiger partial charge on any atom is 0.272 e. The molecule has 4 nitrogen and oxygen atoms in total. The number of anilines is 1. The van der Waals surface area contributed by atoms with Crippen LogP contribution in [0.1, 0.15) is 10.5 Å². The van der Waals surface area contributed by atoms with Crippen LogP contribution in [-0.2, 0) is 7.05 Å². The molecule has 0 atom stereocenters. The average Bonchev–Trinajstić information content (AvgIpc) is 2.69. The number of nitrogens with zero attached hydrogens (tertiary/aromatic N) is 1. The second kappa shape index (κ2) is 5.79. The number of benzene rings is 1. The Balaban J connectivity index is 2.19. The molecule has 1 heterocycles. The van der Waals surface area contributed by atoms with Crippen LogP contribution in [0.5, 0.6) is 5.75 Å². The Bertz CT molecular complexity index is 623. The number of carbonyl (C=O) groups is 1. The fourth-order valence-electron chi connectivity index (χ4n) is 1.69. The second-order valence-electron chi connectivity index (χ2n) is 3.96.